The normalized spacial score (nSPS) is 11.4. The summed E-state index contributed by atoms with van der Waals surface area (Å²) in [5.74, 6) is 1.33. The maximum atomic E-state index is 9.25. The number of hydrogen-bond acceptors (Lipinski definition) is 1. The molecule has 0 aromatic heterocycles. The number of rotatable bonds is 5. The average Bonchev–Trinajstić information content (AvgIpc) is 2.14. The number of benzene rings is 1. The molecule has 1 aromatic rings. The van der Waals surface area contributed by atoms with Gasteiger partial charge in [0.1, 0.15) is 0 Å². The summed E-state index contributed by atoms with van der Waals surface area (Å²) in [6.07, 6.45) is 2.19. The van der Waals surface area contributed by atoms with Gasteiger partial charge in [0.15, 0.2) is 0 Å². The van der Waals surface area contributed by atoms with Gasteiger partial charge in [0.25, 0.3) is 0 Å². The van der Waals surface area contributed by atoms with Gasteiger partial charge in [0.2, 0.25) is 0 Å². The minimum absolute atomic E-state index is 0.150. The Balaban J connectivity index is 2.91. The van der Waals surface area contributed by atoms with Crippen LogP contribution in [0.3, 0.4) is 0 Å². The monoisotopic (exact) mass is 220 g/mol. The molecule has 0 saturated heterocycles. The van der Waals surface area contributed by atoms with E-state index in [9.17, 15) is 5.11 Å². The molecule has 90 valence electrons. The van der Waals surface area contributed by atoms with E-state index in [1.807, 2.05) is 0 Å². The summed E-state index contributed by atoms with van der Waals surface area (Å²) in [5, 5.41) is 9.25. The minimum Gasteiger partial charge on any atom is -0.392 e. The Labute approximate surface area is 99.5 Å². The zero-order valence-electron chi connectivity index (χ0n) is 11.0. The van der Waals surface area contributed by atoms with Crippen molar-refractivity contribution in [3.63, 3.8) is 0 Å². The molecule has 0 radical (unpaired) electrons. The summed E-state index contributed by atoms with van der Waals surface area (Å²) in [6.45, 7) is 9.07. The molecule has 0 bridgehead atoms. The molecule has 0 saturated carbocycles. The zero-order chi connectivity index (χ0) is 12.1. The molecule has 0 aliphatic heterocycles. The minimum atomic E-state index is 0.150. The van der Waals surface area contributed by atoms with Gasteiger partial charge in [-0.2, -0.15) is 0 Å². The molecule has 0 fully saturated rings. The van der Waals surface area contributed by atoms with Crippen LogP contribution in [0.4, 0.5) is 0 Å². The molecule has 1 rings (SSSR count). The van der Waals surface area contributed by atoms with Crippen molar-refractivity contribution in [1.29, 1.82) is 0 Å². The van der Waals surface area contributed by atoms with Crippen molar-refractivity contribution in [3.05, 3.63) is 34.9 Å². The maximum Gasteiger partial charge on any atom is 0.0682 e. The van der Waals surface area contributed by atoms with Crippen LogP contribution >= 0.6 is 0 Å². The highest BCUT2D eigenvalue weighted by molar-refractivity contribution is 5.30. The van der Waals surface area contributed by atoms with Crippen molar-refractivity contribution in [1.82, 2.24) is 0 Å². The molecule has 1 aromatic carbocycles. The van der Waals surface area contributed by atoms with Gasteiger partial charge < -0.3 is 5.11 Å². The van der Waals surface area contributed by atoms with E-state index in [0.717, 1.165) is 18.4 Å². The van der Waals surface area contributed by atoms with Crippen LogP contribution in [0.15, 0.2) is 18.2 Å². The van der Waals surface area contributed by atoms with Crippen molar-refractivity contribution in [2.75, 3.05) is 0 Å². The predicted molar refractivity (Wildman–Crippen MR) is 69.4 cm³/mol. The fourth-order valence-corrected chi connectivity index (χ4v) is 2.11. The first-order chi connectivity index (χ1) is 7.51. The van der Waals surface area contributed by atoms with E-state index >= 15 is 0 Å². The smallest absolute Gasteiger partial charge is 0.0682 e. The molecule has 0 unspecified atom stereocenters. The number of aliphatic hydroxyl groups excluding tert-OH is 1. The average molecular weight is 220 g/mol. The Morgan fingerprint density at radius 3 is 1.50 bits per heavy atom. The second-order valence-electron chi connectivity index (χ2n) is 5.51. The Hall–Kier alpha value is -0.820. The van der Waals surface area contributed by atoms with E-state index in [4.69, 9.17) is 0 Å². The summed E-state index contributed by atoms with van der Waals surface area (Å²) in [7, 11) is 0. The Kier molecular flexibility index (Phi) is 5.01. The van der Waals surface area contributed by atoms with Gasteiger partial charge in [-0.1, -0.05) is 45.9 Å². The molecule has 0 amide bonds. The van der Waals surface area contributed by atoms with Gasteiger partial charge >= 0.3 is 0 Å². The standard InChI is InChI=1S/C15H24O/c1-11(2)5-13-7-14(6-12(3)4)9-15(8-13)10-16/h7-9,11-12,16H,5-6,10H2,1-4H3. The molecule has 0 aliphatic carbocycles. The molecular weight excluding hydrogens is 196 g/mol. The molecular formula is C15H24O. The lowest BCUT2D eigenvalue weighted by molar-refractivity contribution is 0.281. The van der Waals surface area contributed by atoms with Crippen LogP contribution in [-0.4, -0.2) is 5.11 Å². The summed E-state index contributed by atoms with van der Waals surface area (Å²) >= 11 is 0. The highest BCUT2D eigenvalue weighted by Gasteiger charge is 2.04. The van der Waals surface area contributed by atoms with Crippen LogP contribution in [-0.2, 0) is 19.4 Å². The Morgan fingerprint density at radius 1 is 0.812 bits per heavy atom. The number of aliphatic hydroxyl groups is 1. The topological polar surface area (TPSA) is 20.2 Å². The van der Waals surface area contributed by atoms with Crippen molar-refractivity contribution in [3.8, 4) is 0 Å². The molecule has 0 heterocycles. The molecule has 1 nitrogen and oxygen atoms in total. The van der Waals surface area contributed by atoms with Crippen LogP contribution in [0.5, 0.6) is 0 Å². The molecule has 16 heavy (non-hydrogen) atoms. The van der Waals surface area contributed by atoms with Gasteiger partial charge in [-0.05, 0) is 41.4 Å². The van der Waals surface area contributed by atoms with E-state index in [1.165, 1.54) is 11.1 Å². The second kappa shape index (κ2) is 6.05. The van der Waals surface area contributed by atoms with Gasteiger partial charge in [-0.3, -0.25) is 0 Å². The third-order valence-corrected chi connectivity index (χ3v) is 2.58. The lowest BCUT2D eigenvalue weighted by atomic mass is 9.95. The van der Waals surface area contributed by atoms with Crippen LogP contribution in [0.1, 0.15) is 44.4 Å². The van der Waals surface area contributed by atoms with E-state index in [-0.39, 0.29) is 6.61 Å². The van der Waals surface area contributed by atoms with Crippen LogP contribution in [0.2, 0.25) is 0 Å². The largest absolute Gasteiger partial charge is 0.392 e. The van der Waals surface area contributed by atoms with Gasteiger partial charge in [0.05, 0.1) is 6.61 Å². The summed E-state index contributed by atoms with van der Waals surface area (Å²) in [4.78, 5) is 0. The number of hydrogen-bond donors (Lipinski definition) is 1. The molecule has 0 spiro atoms. The van der Waals surface area contributed by atoms with Crippen LogP contribution < -0.4 is 0 Å². The zero-order valence-corrected chi connectivity index (χ0v) is 11.0. The highest BCUT2D eigenvalue weighted by Crippen LogP contribution is 2.17. The molecule has 0 atom stereocenters. The van der Waals surface area contributed by atoms with Crippen LogP contribution in [0, 0.1) is 11.8 Å². The third-order valence-electron chi connectivity index (χ3n) is 2.58. The van der Waals surface area contributed by atoms with E-state index in [1.54, 1.807) is 0 Å². The fourth-order valence-electron chi connectivity index (χ4n) is 2.11. The maximum absolute atomic E-state index is 9.25. The van der Waals surface area contributed by atoms with Crippen molar-refractivity contribution < 1.29 is 5.11 Å². The predicted octanol–water partition coefficient (Wildman–Crippen LogP) is 3.58. The quantitative estimate of drug-likeness (QED) is 0.804. The van der Waals surface area contributed by atoms with Crippen LogP contribution in [0.25, 0.3) is 0 Å². The van der Waals surface area contributed by atoms with Crippen molar-refractivity contribution in [2.45, 2.75) is 47.1 Å². The van der Waals surface area contributed by atoms with Gasteiger partial charge in [-0.25, -0.2) is 0 Å². The van der Waals surface area contributed by atoms with Crippen molar-refractivity contribution >= 4 is 0 Å². The van der Waals surface area contributed by atoms with E-state index < -0.39 is 0 Å². The van der Waals surface area contributed by atoms with Crippen molar-refractivity contribution in [2.24, 2.45) is 11.8 Å². The Bertz CT molecular complexity index is 298. The first-order valence-corrected chi connectivity index (χ1v) is 6.23. The SMILES string of the molecule is CC(C)Cc1cc(CO)cc(CC(C)C)c1. The highest BCUT2D eigenvalue weighted by atomic mass is 16.3. The van der Waals surface area contributed by atoms with Gasteiger partial charge in [-0.15, -0.1) is 0 Å². The molecule has 0 aliphatic rings. The summed E-state index contributed by atoms with van der Waals surface area (Å²) in [6, 6.07) is 6.55. The lowest BCUT2D eigenvalue weighted by Crippen LogP contribution is -2.00. The summed E-state index contributed by atoms with van der Waals surface area (Å²) < 4.78 is 0. The third kappa shape index (κ3) is 4.36. The first-order valence-electron chi connectivity index (χ1n) is 6.23. The second-order valence-corrected chi connectivity index (χ2v) is 5.51. The van der Waals surface area contributed by atoms with E-state index in [2.05, 4.69) is 45.9 Å². The Morgan fingerprint density at radius 2 is 1.19 bits per heavy atom. The molecule has 1 N–H and O–H groups in total. The van der Waals surface area contributed by atoms with Gasteiger partial charge in [0, 0.05) is 0 Å². The van der Waals surface area contributed by atoms with E-state index in [0.29, 0.717) is 11.8 Å². The lowest BCUT2D eigenvalue weighted by Gasteiger charge is -2.12. The molecule has 1 heteroatoms. The fraction of sp³-hybridized carbons (Fsp3) is 0.600. The summed E-state index contributed by atoms with van der Waals surface area (Å²) in [5.41, 5.74) is 3.77. The first kappa shape index (κ1) is 13.2.